The van der Waals surface area contributed by atoms with Gasteiger partial charge in [0.1, 0.15) is 11.9 Å². The van der Waals surface area contributed by atoms with Gasteiger partial charge < -0.3 is 14.5 Å². The van der Waals surface area contributed by atoms with Crippen LogP contribution in [0.5, 0.6) is 5.75 Å². The Hall–Kier alpha value is -1.75. The topological polar surface area (TPSA) is 49.9 Å². The van der Waals surface area contributed by atoms with Crippen LogP contribution in [0.3, 0.4) is 0 Å². The Bertz CT molecular complexity index is 629. The Kier molecular flexibility index (Phi) is 5.29. The molecule has 0 saturated carbocycles. The highest BCUT2D eigenvalue weighted by molar-refractivity contribution is 6.67. The molecule has 2 heterocycles. The molecule has 5 nitrogen and oxygen atoms in total. The zero-order valence-electron chi connectivity index (χ0n) is 14.0. The van der Waals surface area contributed by atoms with Gasteiger partial charge in [0.25, 0.3) is 5.24 Å². The van der Waals surface area contributed by atoms with Crippen molar-refractivity contribution in [3.63, 3.8) is 0 Å². The summed E-state index contributed by atoms with van der Waals surface area (Å²) in [6, 6.07) is 5.41. The second-order valence-electron chi connectivity index (χ2n) is 6.40. The first kappa shape index (κ1) is 17.1. The van der Waals surface area contributed by atoms with E-state index in [0.717, 1.165) is 56.6 Å². The summed E-state index contributed by atoms with van der Waals surface area (Å²) in [7, 11) is 0. The van der Waals surface area contributed by atoms with Gasteiger partial charge in [0.05, 0.1) is 6.54 Å². The summed E-state index contributed by atoms with van der Waals surface area (Å²) < 4.78 is 6.11. The van der Waals surface area contributed by atoms with Crippen LogP contribution < -0.4 is 4.74 Å². The molecule has 0 spiro atoms. The second kappa shape index (κ2) is 7.43. The van der Waals surface area contributed by atoms with Gasteiger partial charge in [0, 0.05) is 31.6 Å². The number of carbonyl (C=O) groups is 2. The molecule has 0 N–H and O–H groups in total. The molecule has 2 aliphatic heterocycles. The van der Waals surface area contributed by atoms with Crippen LogP contribution >= 0.6 is 11.6 Å². The van der Waals surface area contributed by atoms with E-state index in [0.29, 0.717) is 12.1 Å². The van der Waals surface area contributed by atoms with E-state index in [9.17, 15) is 9.59 Å². The van der Waals surface area contributed by atoms with Crippen molar-refractivity contribution < 1.29 is 14.3 Å². The summed E-state index contributed by atoms with van der Waals surface area (Å²) in [5.74, 6) is 0.777. The Morgan fingerprint density at radius 3 is 2.62 bits per heavy atom. The van der Waals surface area contributed by atoms with Crippen LogP contribution in [-0.2, 0) is 6.42 Å². The van der Waals surface area contributed by atoms with Gasteiger partial charge in [-0.25, -0.2) is 4.79 Å². The minimum Gasteiger partial charge on any atom is -0.488 e. The molecule has 1 atom stereocenters. The number of rotatable bonds is 4. The number of halogens is 1. The quantitative estimate of drug-likeness (QED) is 0.783. The van der Waals surface area contributed by atoms with Crippen LogP contribution in [0.25, 0.3) is 0 Å². The fourth-order valence-electron chi connectivity index (χ4n) is 3.38. The second-order valence-corrected chi connectivity index (χ2v) is 6.74. The van der Waals surface area contributed by atoms with Crippen LogP contribution in [0.15, 0.2) is 18.2 Å². The maximum Gasteiger partial charge on any atom is 0.320 e. The highest BCUT2D eigenvalue weighted by Crippen LogP contribution is 2.26. The number of hydrogen-bond acceptors (Lipinski definition) is 3. The first-order valence-corrected chi connectivity index (χ1v) is 8.99. The van der Waals surface area contributed by atoms with Crippen LogP contribution in [0, 0.1) is 0 Å². The first-order chi connectivity index (χ1) is 11.6. The normalized spacial score (nSPS) is 20.5. The van der Waals surface area contributed by atoms with Crippen molar-refractivity contribution in [2.24, 2.45) is 0 Å². The lowest BCUT2D eigenvalue weighted by Crippen LogP contribution is -2.41. The maximum absolute atomic E-state index is 12.4. The molecule has 1 unspecified atom stereocenters. The third-order valence-corrected chi connectivity index (χ3v) is 4.97. The van der Waals surface area contributed by atoms with Crippen molar-refractivity contribution in [2.45, 2.75) is 38.7 Å². The number of urea groups is 1. The smallest absolute Gasteiger partial charge is 0.320 e. The summed E-state index contributed by atoms with van der Waals surface area (Å²) >= 11 is 5.54. The molecule has 0 bridgehead atoms. The first-order valence-electron chi connectivity index (χ1n) is 8.61. The summed E-state index contributed by atoms with van der Waals surface area (Å²) in [6.45, 7) is 5.11. The van der Waals surface area contributed by atoms with Crippen LogP contribution in [0.2, 0.25) is 0 Å². The Balaban J connectivity index is 1.63. The van der Waals surface area contributed by atoms with Crippen LogP contribution in [-0.4, -0.2) is 53.4 Å². The van der Waals surface area contributed by atoms with Crippen molar-refractivity contribution in [3.05, 3.63) is 29.3 Å². The number of carbonyl (C=O) groups excluding carboxylic acids is 2. The van der Waals surface area contributed by atoms with E-state index < -0.39 is 5.24 Å². The van der Waals surface area contributed by atoms with Gasteiger partial charge in [-0.3, -0.25) is 4.79 Å². The molecule has 24 heavy (non-hydrogen) atoms. The molecule has 1 aromatic rings. The highest BCUT2D eigenvalue weighted by Gasteiger charge is 2.31. The van der Waals surface area contributed by atoms with Gasteiger partial charge in [-0.15, -0.1) is 0 Å². The summed E-state index contributed by atoms with van der Waals surface area (Å²) in [4.78, 5) is 27.5. The summed E-state index contributed by atoms with van der Waals surface area (Å²) in [5.41, 5.74) is 1.45. The fourth-order valence-corrected chi connectivity index (χ4v) is 3.50. The molecule has 130 valence electrons. The molecular weight excluding hydrogens is 328 g/mol. The summed E-state index contributed by atoms with van der Waals surface area (Å²) in [5, 5.41) is -0.459. The van der Waals surface area contributed by atoms with Crippen LogP contribution in [0.1, 0.15) is 42.1 Å². The molecule has 6 heteroatoms. The molecule has 0 aromatic heterocycles. The standard InChI is InChI=1S/C18H23ClN2O3/c1-2-13-11-14(17(19)22)5-6-16(13)24-15-7-10-21(12-15)18(23)20-8-3-4-9-20/h5-6,11,15H,2-4,7-10,12H2,1H3. The number of hydrogen-bond donors (Lipinski definition) is 0. The number of amides is 2. The fraction of sp³-hybridized carbons (Fsp3) is 0.556. The average molecular weight is 351 g/mol. The number of aryl methyl sites for hydroxylation is 1. The predicted octanol–water partition coefficient (Wildman–Crippen LogP) is 3.30. The molecule has 2 fully saturated rings. The minimum atomic E-state index is -0.459. The Labute approximate surface area is 147 Å². The number of ether oxygens (including phenoxy) is 1. The molecule has 2 saturated heterocycles. The number of nitrogens with zero attached hydrogens (tertiary/aromatic N) is 2. The largest absolute Gasteiger partial charge is 0.488 e. The van der Waals surface area contributed by atoms with Gasteiger partial charge in [0.2, 0.25) is 0 Å². The van der Waals surface area contributed by atoms with E-state index in [1.54, 1.807) is 18.2 Å². The summed E-state index contributed by atoms with van der Waals surface area (Å²) in [6.07, 6.45) is 3.80. The van der Waals surface area contributed by atoms with Gasteiger partial charge in [-0.05, 0) is 54.6 Å². The zero-order valence-corrected chi connectivity index (χ0v) is 14.7. The predicted molar refractivity (Wildman–Crippen MR) is 92.8 cm³/mol. The monoisotopic (exact) mass is 350 g/mol. The van der Waals surface area contributed by atoms with Crippen molar-refractivity contribution in [1.29, 1.82) is 0 Å². The lowest BCUT2D eigenvalue weighted by molar-refractivity contribution is 0.108. The molecule has 2 aliphatic rings. The lowest BCUT2D eigenvalue weighted by Gasteiger charge is -2.24. The van der Waals surface area contributed by atoms with Gasteiger partial charge >= 0.3 is 6.03 Å². The highest BCUT2D eigenvalue weighted by atomic mass is 35.5. The zero-order chi connectivity index (χ0) is 17.1. The molecule has 0 aliphatic carbocycles. The van der Waals surface area contributed by atoms with E-state index in [1.807, 2.05) is 16.7 Å². The maximum atomic E-state index is 12.4. The van der Waals surface area contributed by atoms with Gasteiger partial charge in [-0.1, -0.05) is 6.92 Å². The molecule has 2 amide bonds. The molecule has 3 rings (SSSR count). The van der Waals surface area contributed by atoms with Crippen molar-refractivity contribution in [2.75, 3.05) is 26.2 Å². The third-order valence-electron chi connectivity index (χ3n) is 4.75. The van der Waals surface area contributed by atoms with E-state index in [1.165, 1.54) is 0 Å². The SMILES string of the molecule is CCc1cc(C(=O)Cl)ccc1OC1CCN(C(=O)N2CCCC2)C1. The van der Waals surface area contributed by atoms with Gasteiger partial charge in [-0.2, -0.15) is 0 Å². The average Bonchev–Trinajstić information content (AvgIpc) is 3.26. The van der Waals surface area contributed by atoms with Crippen molar-refractivity contribution in [3.8, 4) is 5.75 Å². The number of likely N-dealkylation sites (tertiary alicyclic amines) is 2. The van der Waals surface area contributed by atoms with Crippen LogP contribution in [0.4, 0.5) is 4.79 Å². The number of benzene rings is 1. The minimum absolute atomic E-state index is 0.000550. The van der Waals surface area contributed by atoms with Gasteiger partial charge in [0.15, 0.2) is 0 Å². The Morgan fingerprint density at radius 2 is 1.96 bits per heavy atom. The molecule has 0 radical (unpaired) electrons. The van der Waals surface area contributed by atoms with Crippen molar-refractivity contribution in [1.82, 2.24) is 9.80 Å². The van der Waals surface area contributed by atoms with E-state index in [2.05, 4.69) is 0 Å². The van der Waals surface area contributed by atoms with E-state index >= 15 is 0 Å². The third kappa shape index (κ3) is 3.66. The van der Waals surface area contributed by atoms with E-state index in [4.69, 9.17) is 16.3 Å². The lowest BCUT2D eigenvalue weighted by atomic mass is 10.1. The van der Waals surface area contributed by atoms with Crippen molar-refractivity contribution >= 4 is 22.9 Å². The molecule has 1 aromatic carbocycles. The Morgan fingerprint density at radius 1 is 1.21 bits per heavy atom. The molecular formula is C18H23ClN2O3. The van der Waals surface area contributed by atoms with E-state index in [-0.39, 0.29) is 12.1 Å².